The van der Waals surface area contributed by atoms with Crippen LogP contribution in [0.1, 0.15) is 18.1 Å². The second-order valence-corrected chi connectivity index (χ2v) is 6.55. The number of carbonyl (C=O) groups is 1. The first-order valence-corrected chi connectivity index (χ1v) is 9.22. The minimum atomic E-state index is 0.0110. The molecule has 5 heteroatoms. The number of hydrogen-bond acceptors (Lipinski definition) is 3. The summed E-state index contributed by atoms with van der Waals surface area (Å²) in [4.78, 5) is 16.6. The molecule has 2 amide bonds. The summed E-state index contributed by atoms with van der Waals surface area (Å²) in [7, 11) is 0. The molecule has 0 unspecified atom stereocenters. The minimum Gasteiger partial charge on any atom is -0.494 e. The number of carbonyl (C=O) groups excluding carboxylic acids is 1. The quantitative estimate of drug-likeness (QED) is 0.896. The van der Waals surface area contributed by atoms with E-state index in [-0.39, 0.29) is 6.03 Å². The third-order valence-corrected chi connectivity index (χ3v) is 4.64. The largest absolute Gasteiger partial charge is 0.494 e. The van der Waals surface area contributed by atoms with Crippen LogP contribution in [0.5, 0.6) is 5.75 Å². The predicted octanol–water partition coefficient (Wildman–Crippen LogP) is 3.43. The van der Waals surface area contributed by atoms with E-state index in [1.54, 1.807) is 0 Å². The molecule has 5 nitrogen and oxygen atoms in total. The number of rotatable bonds is 5. The Kier molecular flexibility index (Phi) is 6.00. The average Bonchev–Trinajstić information content (AvgIpc) is 2.68. The maximum absolute atomic E-state index is 12.4. The molecule has 1 N–H and O–H groups in total. The van der Waals surface area contributed by atoms with Gasteiger partial charge in [-0.3, -0.25) is 0 Å². The zero-order valence-corrected chi connectivity index (χ0v) is 15.6. The molecule has 1 fully saturated rings. The Hall–Kier alpha value is -2.69. The number of ether oxygens (including phenoxy) is 1. The van der Waals surface area contributed by atoms with E-state index in [4.69, 9.17) is 4.74 Å². The zero-order valence-electron chi connectivity index (χ0n) is 15.6. The van der Waals surface area contributed by atoms with Gasteiger partial charge in [-0.05, 0) is 43.7 Å². The summed E-state index contributed by atoms with van der Waals surface area (Å²) < 4.78 is 5.49. The van der Waals surface area contributed by atoms with Gasteiger partial charge in [0.2, 0.25) is 0 Å². The van der Waals surface area contributed by atoms with Gasteiger partial charge in [-0.1, -0.05) is 29.8 Å². The van der Waals surface area contributed by atoms with Crippen molar-refractivity contribution in [1.29, 1.82) is 0 Å². The van der Waals surface area contributed by atoms with Gasteiger partial charge >= 0.3 is 6.03 Å². The minimum absolute atomic E-state index is 0.0110. The van der Waals surface area contributed by atoms with Crippen LogP contribution in [-0.2, 0) is 6.54 Å². The summed E-state index contributed by atoms with van der Waals surface area (Å²) >= 11 is 0. The Morgan fingerprint density at radius 1 is 1.00 bits per heavy atom. The van der Waals surface area contributed by atoms with Gasteiger partial charge in [-0.25, -0.2) is 4.79 Å². The third kappa shape index (κ3) is 4.69. The standard InChI is InChI=1S/C21H27N3O2/c1-3-26-20-10-8-19(9-11-20)23-12-14-24(15-13-23)21(25)22-16-18-6-4-17(2)5-7-18/h4-11H,3,12-16H2,1-2H3,(H,22,25). The van der Waals surface area contributed by atoms with Crippen molar-refractivity contribution in [3.63, 3.8) is 0 Å². The fraction of sp³-hybridized carbons (Fsp3) is 0.381. The third-order valence-electron chi connectivity index (χ3n) is 4.64. The summed E-state index contributed by atoms with van der Waals surface area (Å²) in [6.45, 7) is 8.43. The van der Waals surface area contributed by atoms with Gasteiger partial charge in [0.1, 0.15) is 5.75 Å². The van der Waals surface area contributed by atoms with Crippen LogP contribution < -0.4 is 15.0 Å². The molecule has 1 heterocycles. The van der Waals surface area contributed by atoms with E-state index in [0.717, 1.165) is 37.5 Å². The molecule has 1 saturated heterocycles. The number of nitrogens with one attached hydrogen (secondary N) is 1. The van der Waals surface area contributed by atoms with Crippen LogP contribution in [0.2, 0.25) is 0 Å². The maximum Gasteiger partial charge on any atom is 0.317 e. The van der Waals surface area contributed by atoms with Gasteiger partial charge in [0, 0.05) is 38.4 Å². The smallest absolute Gasteiger partial charge is 0.317 e. The van der Waals surface area contributed by atoms with E-state index in [9.17, 15) is 4.79 Å². The van der Waals surface area contributed by atoms with Crippen molar-refractivity contribution in [3.8, 4) is 5.75 Å². The fourth-order valence-corrected chi connectivity index (χ4v) is 3.08. The van der Waals surface area contributed by atoms with Crippen molar-refractivity contribution in [1.82, 2.24) is 10.2 Å². The van der Waals surface area contributed by atoms with Crippen molar-refractivity contribution in [2.75, 3.05) is 37.7 Å². The van der Waals surface area contributed by atoms with Crippen molar-refractivity contribution >= 4 is 11.7 Å². The molecule has 0 saturated carbocycles. The number of piperazine rings is 1. The van der Waals surface area contributed by atoms with Crippen LogP contribution in [0.25, 0.3) is 0 Å². The lowest BCUT2D eigenvalue weighted by Gasteiger charge is -2.36. The Morgan fingerprint density at radius 2 is 1.65 bits per heavy atom. The molecule has 0 atom stereocenters. The number of hydrogen-bond donors (Lipinski definition) is 1. The molecular formula is C21H27N3O2. The van der Waals surface area contributed by atoms with Gasteiger partial charge in [-0.2, -0.15) is 0 Å². The number of anilines is 1. The predicted molar refractivity (Wildman–Crippen MR) is 105 cm³/mol. The average molecular weight is 353 g/mol. The monoisotopic (exact) mass is 353 g/mol. The van der Waals surface area contributed by atoms with E-state index in [1.165, 1.54) is 11.3 Å². The van der Waals surface area contributed by atoms with Gasteiger partial charge < -0.3 is 19.9 Å². The van der Waals surface area contributed by atoms with Crippen LogP contribution in [0.15, 0.2) is 48.5 Å². The lowest BCUT2D eigenvalue weighted by molar-refractivity contribution is 0.194. The summed E-state index contributed by atoms with van der Waals surface area (Å²) in [6, 6.07) is 16.4. The highest BCUT2D eigenvalue weighted by Gasteiger charge is 2.21. The molecule has 2 aromatic carbocycles. The van der Waals surface area contributed by atoms with Crippen LogP contribution in [0.3, 0.4) is 0 Å². The fourth-order valence-electron chi connectivity index (χ4n) is 3.08. The lowest BCUT2D eigenvalue weighted by Crippen LogP contribution is -2.51. The topological polar surface area (TPSA) is 44.8 Å². The highest BCUT2D eigenvalue weighted by molar-refractivity contribution is 5.74. The highest BCUT2D eigenvalue weighted by atomic mass is 16.5. The number of nitrogens with zero attached hydrogens (tertiary/aromatic N) is 2. The van der Waals surface area contributed by atoms with Crippen LogP contribution in [-0.4, -0.2) is 43.7 Å². The second-order valence-electron chi connectivity index (χ2n) is 6.55. The normalized spacial score (nSPS) is 14.2. The molecule has 138 valence electrons. The summed E-state index contributed by atoms with van der Waals surface area (Å²) in [5.41, 5.74) is 3.52. The van der Waals surface area contributed by atoms with Gasteiger partial charge in [0.15, 0.2) is 0 Å². The molecule has 0 bridgehead atoms. The van der Waals surface area contributed by atoms with Gasteiger partial charge in [-0.15, -0.1) is 0 Å². The number of benzene rings is 2. The van der Waals surface area contributed by atoms with Crippen LogP contribution in [0, 0.1) is 6.92 Å². The number of aryl methyl sites for hydroxylation is 1. The number of amides is 2. The zero-order chi connectivity index (χ0) is 18.4. The molecule has 0 aromatic heterocycles. The molecular weight excluding hydrogens is 326 g/mol. The van der Waals surface area contributed by atoms with Crippen molar-refractivity contribution in [2.24, 2.45) is 0 Å². The van der Waals surface area contributed by atoms with E-state index >= 15 is 0 Å². The van der Waals surface area contributed by atoms with Crippen molar-refractivity contribution < 1.29 is 9.53 Å². The van der Waals surface area contributed by atoms with Crippen molar-refractivity contribution in [3.05, 3.63) is 59.7 Å². The van der Waals surface area contributed by atoms with Crippen molar-refractivity contribution in [2.45, 2.75) is 20.4 Å². The summed E-state index contributed by atoms with van der Waals surface area (Å²) in [6.07, 6.45) is 0. The second kappa shape index (κ2) is 8.61. The first-order valence-electron chi connectivity index (χ1n) is 9.22. The van der Waals surface area contributed by atoms with Gasteiger partial charge in [0.05, 0.1) is 6.61 Å². The molecule has 1 aliphatic heterocycles. The molecule has 26 heavy (non-hydrogen) atoms. The first-order chi connectivity index (χ1) is 12.7. The van der Waals surface area contributed by atoms with E-state index in [2.05, 4.69) is 53.5 Å². The SMILES string of the molecule is CCOc1ccc(N2CCN(C(=O)NCc3ccc(C)cc3)CC2)cc1. The number of urea groups is 1. The van der Waals surface area contributed by atoms with E-state index in [0.29, 0.717) is 13.2 Å². The van der Waals surface area contributed by atoms with E-state index in [1.807, 2.05) is 24.0 Å². The molecule has 0 aliphatic carbocycles. The lowest BCUT2D eigenvalue weighted by atomic mass is 10.1. The van der Waals surface area contributed by atoms with E-state index < -0.39 is 0 Å². The van der Waals surface area contributed by atoms with Crippen LogP contribution >= 0.6 is 0 Å². The summed E-state index contributed by atoms with van der Waals surface area (Å²) in [5, 5.41) is 3.02. The highest BCUT2D eigenvalue weighted by Crippen LogP contribution is 2.20. The summed E-state index contributed by atoms with van der Waals surface area (Å²) in [5.74, 6) is 0.894. The first kappa shape index (κ1) is 18.1. The Labute approximate surface area is 155 Å². The van der Waals surface area contributed by atoms with Gasteiger partial charge in [0.25, 0.3) is 0 Å². The Morgan fingerprint density at radius 3 is 2.27 bits per heavy atom. The molecule has 2 aromatic rings. The maximum atomic E-state index is 12.4. The molecule has 1 aliphatic rings. The Balaban J connectivity index is 1.46. The Bertz CT molecular complexity index is 705. The molecule has 3 rings (SSSR count). The van der Waals surface area contributed by atoms with Crippen LogP contribution in [0.4, 0.5) is 10.5 Å². The molecule has 0 spiro atoms. The molecule has 0 radical (unpaired) electrons.